The van der Waals surface area contributed by atoms with E-state index in [1.165, 1.54) is 11.1 Å². The summed E-state index contributed by atoms with van der Waals surface area (Å²) >= 11 is 6.23. The molecule has 100 valence electrons. The molecule has 0 aliphatic carbocycles. The van der Waals surface area contributed by atoms with Crippen molar-refractivity contribution >= 4 is 11.6 Å². The van der Waals surface area contributed by atoms with Crippen molar-refractivity contribution in [2.75, 3.05) is 0 Å². The first-order valence-corrected chi connectivity index (χ1v) is 6.92. The molecule has 0 aliphatic heterocycles. The van der Waals surface area contributed by atoms with Gasteiger partial charge in [-0.3, -0.25) is 4.98 Å². The summed E-state index contributed by atoms with van der Waals surface area (Å²) in [5.74, 6) is 0. The van der Waals surface area contributed by atoms with Crippen molar-refractivity contribution in [1.82, 2.24) is 4.98 Å². The van der Waals surface area contributed by atoms with E-state index >= 15 is 0 Å². The molecular weight excluding hydrogens is 256 g/mol. The maximum Gasteiger partial charge on any atom is 0.0441 e. The molecule has 0 spiro atoms. The van der Waals surface area contributed by atoms with Gasteiger partial charge in [0.05, 0.1) is 0 Å². The van der Waals surface area contributed by atoms with Crippen LogP contribution in [-0.2, 0) is 12.8 Å². The summed E-state index contributed by atoms with van der Waals surface area (Å²) in [5, 5.41) is 0.817. The van der Waals surface area contributed by atoms with E-state index < -0.39 is 0 Å². The Morgan fingerprint density at radius 3 is 2.84 bits per heavy atom. The van der Waals surface area contributed by atoms with E-state index in [1.807, 2.05) is 25.3 Å². The number of aryl methyl sites for hydroxylation is 2. The number of nitrogens with zero attached hydrogens (tertiary/aromatic N) is 1. The van der Waals surface area contributed by atoms with Gasteiger partial charge in [0.15, 0.2) is 0 Å². The maximum absolute atomic E-state index is 6.23. The molecule has 19 heavy (non-hydrogen) atoms. The molecule has 2 nitrogen and oxygen atoms in total. The van der Waals surface area contributed by atoms with Gasteiger partial charge in [-0.2, -0.15) is 0 Å². The van der Waals surface area contributed by atoms with Gasteiger partial charge < -0.3 is 5.73 Å². The Hall–Kier alpha value is -1.38. The van der Waals surface area contributed by atoms with Crippen LogP contribution in [0.3, 0.4) is 0 Å². The number of hydrogen-bond acceptors (Lipinski definition) is 2. The third-order valence-corrected chi connectivity index (χ3v) is 3.57. The van der Waals surface area contributed by atoms with Crippen LogP contribution in [0.1, 0.15) is 23.1 Å². The van der Waals surface area contributed by atoms with E-state index in [0.717, 1.165) is 29.8 Å². The Bertz CT molecular complexity index is 526. The van der Waals surface area contributed by atoms with Crippen molar-refractivity contribution in [2.45, 2.75) is 32.2 Å². The van der Waals surface area contributed by atoms with Crippen molar-refractivity contribution in [3.63, 3.8) is 0 Å². The number of rotatable bonds is 5. The molecule has 0 amide bonds. The average Bonchev–Trinajstić information content (AvgIpc) is 2.41. The van der Waals surface area contributed by atoms with E-state index in [2.05, 4.69) is 23.2 Å². The quantitative estimate of drug-likeness (QED) is 0.906. The number of pyridine rings is 1. The van der Waals surface area contributed by atoms with E-state index in [0.29, 0.717) is 0 Å². The number of halogens is 1. The van der Waals surface area contributed by atoms with Crippen molar-refractivity contribution in [2.24, 2.45) is 5.73 Å². The zero-order chi connectivity index (χ0) is 13.7. The van der Waals surface area contributed by atoms with Gasteiger partial charge in [-0.1, -0.05) is 29.8 Å². The minimum atomic E-state index is 0.125. The van der Waals surface area contributed by atoms with Gasteiger partial charge in [-0.05, 0) is 55.0 Å². The number of nitrogens with two attached hydrogens (primary N) is 1. The van der Waals surface area contributed by atoms with Crippen LogP contribution in [-0.4, -0.2) is 11.0 Å². The van der Waals surface area contributed by atoms with Gasteiger partial charge in [-0.25, -0.2) is 0 Å². The van der Waals surface area contributed by atoms with Crippen LogP contribution in [0, 0.1) is 6.92 Å². The number of benzene rings is 1. The molecule has 0 saturated heterocycles. The molecule has 0 radical (unpaired) electrons. The van der Waals surface area contributed by atoms with E-state index in [1.54, 1.807) is 6.20 Å². The summed E-state index contributed by atoms with van der Waals surface area (Å²) in [6.07, 6.45) is 6.40. The molecule has 0 aliphatic rings. The minimum absolute atomic E-state index is 0.125. The second kappa shape index (κ2) is 6.69. The van der Waals surface area contributed by atoms with Gasteiger partial charge >= 0.3 is 0 Å². The third-order valence-electron chi connectivity index (χ3n) is 3.22. The third kappa shape index (κ3) is 4.34. The Kier molecular flexibility index (Phi) is 4.94. The minimum Gasteiger partial charge on any atom is -0.327 e. The van der Waals surface area contributed by atoms with E-state index in [-0.39, 0.29) is 6.04 Å². The summed E-state index contributed by atoms with van der Waals surface area (Å²) < 4.78 is 0. The molecule has 2 rings (SSSR count). The summed E-state index contributed by atoms with van der Waals surface area (Å²) in [5.41, 5.74) is 9.72. The summed E-state index contributed by atoms with van der Waals surface area (Å²) in [4.78, 5) is 4.11. The fourth-order valence-corrected chi connectivity index (χ4v) is 2.41. The molecule has 2 N–H and O–H groups in total. The predicted molar refractivity (Wildman–Crippen MR) is 80.4 cm³/mol. The van der Waals surface area contributed by atoms with Crippen LogP contribution in [0.2, 0.25) is 5.02 Å². The zero-order valence-electron chi connectivity index (χ0n) is 11.1. The molecule has 1 aromatic heterocycles. The molecular formula is C16H19ClN2. The Morgan fingerprint density at radius 1 is 1.32 bits per heavy atom. The summed E-state index contributed by atoms with van der Waals surface area (Å²) in [7, 11) is 0. The van der Waals surface area contributed by atoms with Crippen LogP contribution in [0.5, 0.6) is 0 Å². The molecule has 1 atom stereocenters. The molecule has 1 heterocycles. The van der Waals surface area contributed by atoms with Gasteiger partial charge in [0.1, 0.15) is 0 Å². The highest BCUT2D eigenvalue weighted by Gasteiger charge is 2.08. The van der Waals surface area contributed by atoms with Crippen LogP contribution in [0.25, 0.3) is 0 Å². The molecule has 0 saturated carbocycles. The monoisotopic (exact) mass is 274 g/mol. The maximum atomic E-state index is 6.23. The lowest BCUT2D eigenvalue weighted by Crippen LogP contribution is -2.23. The fraction of sp³-hybridized carbons (Fsp3) is 0.312. The summed E-state index contributed by atoms with van der Waals surface area (Å²) in [6.45, 7) is 2.04. The van der Waals surface area contributed by atoms with Crippen LogP contribution < -0.4 is 5.73 Å². The highest BCUT2D eigenvalue weighted by Crippen LogP contribution is 2.19. The van der Waals surface area contributed by atoms with Crippen LogP contribution >= 0.6 is 11.6 Å². The Labute approximate surface area is 119 Å². The van der Waals surface area contributed by atoms with Gasteiger partial charge in [0.2, 0.25) is 0 Å². The zero-order valence-corrected chi connectivity index (χ0v) is 11.9. The van der Waals surface area contributed by atoms with E-state index in [4.69, 9.17) is 17.3 Å². The predicted octanol–water partition coefficient (Wildman–Crippen LogP) is 3.55. The van der Waals surface area contributed by atoms with Crippen molar-refractivity contribution in [1.29, 1.82) is 0 Å². The lowest BCUT2D eigenvalue weighted by molar-refractivity contribution is 0.610. The lowest BCUT2D eigenvalue weighted by atomic mass is 10.00. The first-order valence-electron chi connectivity index (χ1n) is 6.54. The van der Waals surface area contributed by atoms with Gasteiger partial charge in [0, 0.05) is 23.5 Å². The Balaban J connectivity index is 1.89. The largest absolute Gasteiger partial charge is 0.327 e. The molecule has 1 aromatic carbocycles. The molecule has 1 unspecified atom stereocenters. The average molecular weight is 275 g/mol. The molecule has 0 bridgehead atoms. The summed E-state index contributed by atoms with van der Waals surface area (Å²) in [6, 6.07) is 10.3. The SMILES string of the molecule is Cc1ccc(CC(N)CCc2cccnc2)c(Cl)c1. The number of aromatic nitrogens is 1. The van der Waals surface area contributed by atoms with E-state index in [9.17, 15) is 0 Å². The van der Waals surface area contributed by atoms with Gasteiger partial charge in [0.25, 0.3) is 0 Å². The van der Waals surface area contributed by atoms with Gasteiger partial charge in [-0.15, -0.1) is 0 Å². The standard InChI is InChI=1S/C16H19ClN2/c1-12-4-6-14(16(17)9-12)10-15(18)7-5-13-3-2-8-19-11-13/h2-4,6,8-9,11,15H,5,7,10,18H2,1H3. The lowest BCUT2D eigenvalue weighted by Gasteiger charge is -2.13. The smallest absolute Gasteiger partial charge is 0.0441 e. The van der Waals surface area contributed by atoms with Crippen molar-refractivity contribution in [3.05, 3.63) is 64.4 Å². The van der Waals surface area contributed by atoms with Crippen molar-refractivity contribution < 1.29 is 0 Å². The van der Waals surface area contributed by atoms with Crippen LogP contribution in [0.15, 0.2) is 42.7 Å². The normalized spacial score (nSPS) is 12.4. The number of hydrogen-bond donors (Lipinski definition) is 1. The molecule has 3 heteroatoms. The Morgan fingerprint density at radius 2 is 2.16 bits per heavy atom. The topological polar surface area (TPSA) is 38.9 Å². The van der Waals surface area contributed by atoms with Crippen molar-refractivity contribution in [3.8, 4) is 0 Å². The van der Waals surface area contributed by atoms with Crippen LogP contribution in [0.4, 0.5) is 0 Å². The fourth-order valence-electron chi connectivity index (χ4n) is 2.10. The first kappa shape index (κ1) is 14.0. The highest BCUT2D eigenvalue weighted by molar-refractivity contribution is 6.31. The second-order valence-corrected chi connectivity index (χ2v) is 5.37. The highest BCUT2D eigenvalue weighted by atomic mass is 35.5. The second-order valence-electron chi connectivity index (χ2n) is 4.96. The molecule has 0 fully saturated rings. The first-order chi connectivity index (χ1) is 9.15. The molecule has 2 aromatic rings.